The predicted molar refractivity (Wildman–Crippen MR) is 92.4 cm³/mol. The molecule has 4 rings (SSSR count). The number of fused-ring (bicyclic) bond motifs is 8. The first-order valence-electron chi connectivity index (χ1n) is 10.0. The lowest BCUT2D eigenvalue weighted by Crippen LogP contribution is -2.20. The van der Waals surface area contributed by atoms with Gasteiger partial charge in [0.1, 0.15) is 0 Å². The summed E-state index contributed by atoms with van der Waals surface area (Å²) in [4.78, 5) is 0. The van der Waals surface area contributed by atoms with Crippen LogP contribution in [0.3, 0.4) is 0 Å². The third-order valence-electron chi connectivity index (χ3n) is 6.60. The van der Waals surface area contributed by atoms with E-state index in [9.17, 15) is 0 Å². The first-order chi connectivity index (χ1) is 10.3. The molecule has 0 unspecified atom stereocenters. The normalized spacial score (nSPS) is 35.0. The fourth-order valence-electron chi connectivity index (χ4n) is 5.42. The average Bonchev–Trinajstić information content (AvgIpc) is 2.45. The van der Waals surface area contributed by atoms with E-state index >= 15 is 0 Å². The highest BCUT2D eigenvalue weighted by molar-refractivity contribution is 5.18. The number of hydrogen-bond donors (Lipinski definition) is 0. The highest BCUT2D eigenvalue weighted by Crippen LogP contribution is 2.43. The molecule has 2 saturated carbocycles. The maximum Gasteiger partial charge on any atom is -0.0289 e. The molecule has 0 nitrogen and oxygen atoms in total. The van der Waals surface area contributed by atoms with E-state index in [0.29, 0.717) is 0 Å². The minimum absolute atomic E-state index is 1.03. The summed E-state index contributed by atoms with van der Waals surface area (Å²) in [7, 11) is 0. The van der Waals surface area contributed by atoms with Crippen LogP contribution in [-0.2, 0) is 0 Å². The molecule has 0 heterocycles. The van der Waals surface area contributed by atoms with Crippen LogP contribution in [0.25, 0.3) is 0 Å². The Labute approximate surface area is 132 Å². The molecule has 120 valence electrons. The first kappa shape index (κ1) is 15.6. The fraction of sp³-hybridized carbons (Fsp3) is 0.905. The maximum absolute atomic E-state index is 2.38. The second-order valence-corrected chi connectivity index (χ2v) is 8.31. The molecule has 21 heavy (non-hydrogen) atoms. The summed E-state index contributed by atoms with van der Waals surface area (Å²) in [6.45, 7) is 2.38. The van der Waals surface area contributed by atoms with Gasteiger partial charge < -0.3 is 0 Å². The predicted octanol–water partition coefficient (Wildman–Crippen LogP) is 7.04. The van der Waals surface area contributed by atoms with Crippen LogP contribution in [0.2, 0.25) is 0 Å². The van der Waals surface area contributed by atoms with Gasteiger partial charge in [-0.3, -0.25) is 0 Å². The highest BCUT2D eigenvalue weighted by atomic mass is 14.3. The molecule has 0 saturated heterocycles. The van der Waals surface area contributed by atoms with Gasteiger partial charge in [-0.2, -0.15) is 0 Å². The number of rotatable bonds is 2. The zero-order chi connectivity index (χ0) is 14.5. The molecule has 4 bridgehead atoms. The smallest absolute Gasteiger partial charge is 0.0289 e. The Hall–Kier alpha value is -0.260. The molecule has 0 aromatic heterocycles. The van der Waals surface area contributed by atoms with Crippen molar-refractivity contribution in [2.24, 2.45) is 17.8 Å². The van der Waals surface area contributed by atoms with Crippen LogP contribution in [0.4, 0.5) is 0 Å². The molecular formula is C21H36. The van der Waals surface area contributed by atoms with Crippen molar-refractivity contribution < 1.29 is 0 Å². The van der Waals surface area contributed by atoms with Crippen LogP contribution in [0.15, 0.2) is 11.1 Å². The Balaban J connectivity index is 1.85. The Morgan fingerprint density at radius 2 is 1.52 bits per heavy atom. The SMILES string of the molecule is CCCC1=C2CC[C@@H]3CCCCCC[C@@H](CC[C@H](C1)C3)C2. The molecular weight excluding hydrogens is 252 g/mol. The number of hydrogen-bond acceptors (Lipinski definition) is 0. The molecule has 0 aliphatic heterocycles. The third kappa shape index (κ3) is 4.36. The second kappa shape index (κ2) is 7.84. The summed E-state index contributed by atoms with van der Waals surface area (Å²) in [6.07, 6.45) is 22.5. The van der Waals surface area contributed by atoms with Crippen LogP contribution in [0.5, 0.6) is 0 Å². The Morgan fingerprint density at radius 3 is 2.33 bits per heavy atom. The van der Waals surface area contributed by atoms with Gasteiger partial charge in [-0.25, -0.2) is 0 Å². The summed E-state index contributed by atoms with van der Waals surface area (Å²) >= 11 is 0. The minimum atomic E-state index is 1.03. The van der Waals surface area contributed by atoms with Gasteiger partial charge in [0.2, 0.25) is 0 Å². The van der Waals surface area contributed by atoms with E-state index in [0.717, 1.165) is 17.8 Å². The van der Waals surface area contributed by atoms with Crippen molar-refractivity contribution in [3.8, 4) is 0 Å². The van der Waals surface area contributed by atoms with Crippen molar-refractivity contribution >= 4 is 0 Å². The van der Waals surface area contributed by atoms with Crippen molar-refractivity contribution in [2.75, 3.05) is 0 Å². The van der Waals surface area contributed by atoms with E-state index < -0.39 is 0 Å². The molecule has 4 aliphatic carbocycles. The summed E-state index contributed by atoms with van der Waals surface area (Å²) in [5.41, 5.74) is 3.86. The van der Waals surface area contributed by atoms with Gasteiger partial charge in [-0.15, -0.1) is 0 Å². The largest absolute Gasteiger partial charge is 0.0707 e. The Bertz CT molecular complexity index is 351. The van der Waals surface area contributed by atoms with E-state index in [-0.39, 0.29) is 0 Å². The quantitative estimate of drug-likeness (QED) is 0.478. The average molecular weight is 289 g/mol. The topological polar surface area (TPSA) is 0 Å². The minimum Gasteiger partial charge on any atom is -0.0707 e. The van der Waals surface area contributed by atoms with Gasteiger partial charge >= 0.3 is 0 Å². The van der Waals surface area contributed by atoms with Gasteiger partial charge in [-0.1, -0.05) is 63.0 Å². The summed E-state index contributed by atoms with van der Waals surface area (Å²) in [6, 6.07) is 0. The van der Waals surface area contributed by atoms with Gasteiger partial charge in [0.05, 0.1) is 0 Å². The Kier molecular flexibility index (Phi) is 5.83. The monoisotopic (exact) mass is 288 g/mol. The standard InChI is InChI=1S/C21H36/c1-2-7-20-16-19-11-10-18-9-6-4-3-5-8-17(14-19)12-13-21(20)15-18/h17-19H,2-16H2,1H3/t17-,18-,19-/m0/s1. The van der Waals surface area contributed by atoms with Crippen LogP contribution >= 0.6 is 0 Å². The summed E-state index contributed by atoms with van der Waals surface area (Å²) in [5.74, 6) is 3.13. The van der Waals surface area contributed by atoms with Crippen molar-refractivity contribution in [1.29, 1.82) is 0 Å². The maximum atomic E-state index is 2.38. The molecule has 0 N–H and O–H groups in total. The lowest BCUT2D eigenvalue weighted by atomic mass is 9.71. The fourth-order valence-corrected chi connectivity index (χ4v) is 5.42. The molecule has 0 amide bonds. The molecule has 4 aliphatic rings. The van der Waals surface area contributed by atoms with Gasteiger partial charge in [0.15, 0.2) is 0 Å². The lowest BCUT2D eigenvalue weighted by molar-refractivity contribution is 0.252. The van der Waals surface area contributed by atoms with Crippen LogP contribution < -0.4 is 0 Å². The second-order valence-electron chi connectivity index (χ2n) is 8.31. The van der Waals surface area contributed by atoms with E-state index in [4.69, 9.17) is 0 Å². The van der Waals surface area contributed by atoms with E-state index in [1.807, 2.05) is 11.1 Å². The zero-order valence-electron chi connectivity index (χ0n) is 14.3. The molecule has 0 radical (unpaired) electrons. The number of allylic oxidation sites excluding steroid dienone is 2. The van der Waals surface area contributed by atoms with Crippen molar-refractivity contribution in [1.82, 2.24) is 0 Å². The first-order valence-corrected chi connectivity index (χ1v) is 10.0. The lowest BCUT2D eigenvalue weighted by Gasteiger charge is -2.35. The van der Waals surface area contributed by atoms with Crippen molar-refractivity contribution in [3.63, 3.8) is 0 Å². The van der Waals surface area contributed by atoms with Gasteiger partial charge in [-0.05, 0) is 69.1 Å². The van der Waals surface area contributed by atoms with E-state index in [1.165, 1.54) is 77.0 Å². The molecule has 2 fully saturated rings. The zero-order valence-corrected chi connectivity index (χ0v) is 14.3. The van der Waals surface area contributed by atoms with E-state index in [1.54, 1.807) is 19.3 Å². The highest BCUT2D eigenvalue weighted by Gasteiger charge is 2.27. The van der Waals surface area contributed by atoms with Gasteiger partial charge in [0, 0.05) is 0 Å². The molecule has 0 aromatic rings. The molecule has 0 aromatic carbocycles. The summed E-state index contributed by atoms with van der Waals surface area (Å²) in [5, 5.41) is 0. The molecule has 0 spiro atoms. The molecule has 0 heteroatoms. The van der Waals surface area contributed by atoms with Crippen LogP contribution in [-0.4, -0.2) is 0 Å². The van der Waals surface area contributed by atoms with Gasteiger partial charge in [0.25, 0.3) is 0 Å². The van der Waals surface area contributed by atoms with E-state index in [2.05, 4.69) is 6.92 Å². The molecule has 3 atom stereocenters. The van der Waals surface area contributed by atoms with Crippen LogP contribution in [0, 0.1) is 17.8 Å². The third-order valence-corrected chi connectivity index (χ3v) is 6.60. The summed E-state index contributed by atoms with van der Waals surface area (Å²) < 4.78 is 0. The Morgan fingerprint density at radius 1 is 0.762 bits per heavy atom. The van der Waals surface area contributed by atoms with Crippen molar-refractivity contribution in [3.05, 3.63) is 11.1 Å². The van der Waals surface area contributed by atoms with Crippen LogP contribution in [0.1, 0.15) is 103 Å². The van der Waals surface area contributed by atoms with Crippen molar-refractivity contribution in [2.45, 2.75) is 103 Å².